The van der Waals surface area contributed by atoms with Gasteiger partial charge in [-0.2, -0.15) is 5.26 Å². The van der Waals surface area contributed by atoms with Crippen molar-refractivity contribution in [2.45, 2.75) is 18.3 Å². The quantitative estimate of drug-likeness (QED) is 0.494. The number of nitro benzene ring substituents is 1. The molecule has 124 valence electrons. The van der Waals surface area contributed by atoms with Crippen LogP contribution >= 0.6 is 0 Å². The van der Waals surface area contributed by atoms with E-state index in [9.17, 15) is 15.4 Å². The Bertz CT molecular complexity index is 881. The number of hydrogen-bond acceptors (Lipinski definition) is 4. The van der Waals surface area contributed by atoms with Gasteiger partial charge in [0.1, 0.15) is 5.76 Å². The van der Waals surface area contributed by atoms with Crippen LogP contribution in [-0.4, -0.2) is 4.92 Å². The van der Waals surface area contributed by atoms with Crippen molar-refractivity contribution in [3.8, 4) is 6.07 Å². The van der Waals surface area contributed by atoms with Gasteiger partial charge in [-0.25, -0.2) is 0 Å². The maximum atomic E-state index is 10.9. The number of nitriles is 1. The number of furan rings is 1. The molecule has 1 aromatic heterocycles. The standard InChI is InChI=1S/C20H16N2O3/c21-15-20(14-19-7-4-12-25-19,13-16-5-2-1-3-6-16)17-8-10-18(11-9-17)22(23)24/h1-12H,13-14H2. The first kappa shape index (κ1) is 16.5. The van der Waals surface area contributed by atoms with Crippen LogP contribution in [0.2, 0.25) is 0 Å². The SMILES string of the molecule is N#CC(Cc1ccccc1)(Cc1ccco1)c1ccc([N+](=O)[O-])cc1. The molecule has 0 aliphatic heterocycles. The molecule has 0 aliphatic carbocycles. The molecular formula is C20H16N2O3. The van der Waals surface area contributed by atoms with Crippen LogP contribution in [0.5, 0.6) is 0 Å². The third-order valence-corrected chi connectivity index (χ3v) is 4.25. The second-order valence-corrected chi connectivity index (χ2v) is 5.92. The molecule has 0 spiro atoms. The van der Waals surface area contributed by atoms with Crippen LogP contribution in [0.4, 0.5) is 5.69 Å². The largest absolute Gasteiger partial charge is 0.469 e. The summed E-state index contributed by atoms with van der Waals surface area (Å²) in [4.78, 5) is 10.5. The van der Waals surface area contributed by atoms with Gasteiger partial charge in [-0.15, -0.1) is 0 Å². The predicted molar refractivity (Wildman–Crippen MR) is 92.9 cm³/mol. The van der Waals surface area contributed by atoms with E-state index in [-0.39, 0.29) is 5.69 Å². The number of nitro groups is 1. The molecule has 25 heavy (non-hydrogen) atoms. The molecule has 1 atom stereocenters. The molecule has 0 aliphatic rings. The zero-order valence-electron chi connectivity index (χ0n) is 13.5. The van der Waals surface area contributed by atoms with E-state index in [1.54, 1.807) is 24.5 Å². The fourth-order valence-corrected chi connectivity index (χ4v) is 2.97. The molecule has 5 heteroatoms. The molecule has 0 fully saturated rings. The first-order valence-electron chi connectivity index (χ1n) is 7.85. The van der Waals surface area contributed by atoms with Gasteiger partial charge in [0, 0.05) is 18.6 Å². The summed E-state index contributed by atoms with van der Waals surface area (Å²) >= 11 is 0. The molecule has 3 rings (SSSR count). The normalized spacial score (nSPS) is 12.9. The Labute approximate surface area is 145 Å². The van der Waals surface area contributed by atoms with Crippen LogP contribution in [0.15, 0.2) is 77.4 Å². The van der Waals surface area contributed by atoms with Crippen molar-refractivity contribution in [3.05, 3.63) is 100.0 Å². The third-order valence-electron chi connectivity index (χ3n) is 4.25. The van der Waals surface area contributed by atoms with Crippen LogP contribution in [0, 0.1) is 21.4 Å². The summed E-state index contributed by atoms with van der Waals surface area (Å²) in [5.74, 6) is 0.704. The summed E-state index contributed by atoms with van der Waals surface area (Å²) in [5, 5.41) is 20.9. The minimum atomic E-state index is -0.867. The molecule has 0 amide bonds. The average Bonchev–Trinajstić information content (AvgIpc) is 3.15. The Morgan fingerprint density at radius 2 is 1.72 bits per heavy atom. The van der Waals surface area contributed by atoms with Crippen molar-refractivity contribution in [2.75, 3.05) is 0 Å². The van der Waals surface area contributed by atoms with E-state index in [0.717, 1.165) is 11.1 Å². The molecule has 0 bridgehead atoms. The number of benzene rings is 2. The number of nitrogens with zero attached hydrogens (tertiary/aromatic N) is 2. The van der Waals surface area contributed by atoms with E-state index in [2.05, 4.69) is 6.07 Å². The maximum Gasteiger partial charge on any atom is 0.269 e. The Hall–Kier alpha value is -3.39. The predicted octanol–water partition coefficient (Wildman–Crippen LogP) is 4.43. The number of non-ortho nitro benzene ring substituents is 1. The summed E-state index contributed by atoms with van der Waals surface area (Å²) in [6.45, 7) is 0. The van der Waals surface area contributed by atoms with Gasteiger partial charge in [-0.3, -0.25) is 10.1 Å². The molecule has 1 unspecified atom stereocenters. The smallest absolute Gasteiger partial charge is 0.269 e. The van der Waals surface area contributed by atoms with Crippen molar-refractivity contribution in [2.24, 2.45) is 0 Å². The Balaban J connectivity index is 2.03. The van der Waals surface area contributed by atoms with Crippen molar-refractivity contribution >= 4 is 5.69 Å². The van der Waals surface area contributed by atoms with Crippen LogP contribution in [-0.2, 0) is 18.3 Å². The molecular weight excluding hydrogens is 316 g/mol. The lowest BCUT2D eigenvalue weighted by atomic mass is 9.73. The first-order valence-corrected chi connectivity index (χ1v) is 7.85. The van der Waals surface area contributed by atoms with E-state index < -0.39 is 10.3 Å². The fraction of sp³-hybridized carbons (Fsp3) is 0.150. The molecule has 0 saturated carbocycles. The van der Waals surface area contributed by atoms with Crippen molar-refractivity contribution in [1.82, 2.24) is 0 Å². The van der Waals surface area contributed by atoms with Gasteiger partial charge < -0.3 is 4.42 Å². The highest BCUT2D eigenvalue weighted by molar-refractivity contribution is 5.42. The van der Waals surface area contributed by atoms with Gasteiger partial charge in [0.05, 0.1) is 22.7 Å². The van der Waals surface area contributed by atoms with Gasteiger partial charge in [0.25, 0.3) is 5.69 Å². The van der Waals surface area contributed by atoms with Gasteiger partial charge in [0.15, 0.2) is 0 Å². The van der Waals surface area contributed by atoms with Crippen LogP contribution in [0.25, 0.3) is 0 Å². The van der Waals surface area contributed by atoms with Gasteiger partial charge in [0.2, 0.25) is 0 Å². The lowest BCUT2D eigenvalue weighted by molar-refractivity contribution is -0.384. The first-order chi connectivity index (χ1) is 12.1. The monoisotopic (exact) mass is 332 g/mol. The second kappa shape index (κ2) is 7.02. The minimum absolute atomic E-state index is 0.00768. The maximum absolute atomic E-state index is 10.9. The van der Waals surface area contributed by atoms with E-state index >= 15 is 0 Å². The van der Waals surface area contributed by atoms with Crippen LogP contribution in [0.3, 0.4) is 0 Å². The Kier molecular flexibility index (Phi) is 4.62. The Morgan fingerprint density at radius 1 is 1.00 bits per heavy atom. The van der Waals surface area contributed by atoms with E-state index in [1.165, 1.54) is 12.1 Å². The number of rotatable bonds is 6. The summed E-state index contributed by atoms with van der Waals surface area (Å²) < 4.78 is 5.45. The van der Waals surface area contributed by atoms with Gasteiger partial charge >= 0.3 is 0 Å². The average molecular weight is 332 g/mol. The molecule has 1 heterocycles. The zero-order valence-corrected chi connectivity index (χ0v) is 13.5. The summed E-state index contributed by atoms with van der Waals surface area (Å²) in [6.07, 6.45) is 2.46. The summed E-state index contributed by atoms with van der Waals surface area (Å²) in [5.41, 5.74) is 0.900. The lowest BCUT2D eigenvalue weighted by Gasteiger charge is -2.26. The van der Waals surface area contributed by atoms with Gasteiger partial charge in [-0.1, -0.05) is 42.5 Å². The van der Waals surface area contributed by atoms with Crippen molar-refractivity contribution in [3.63, 3.8) is 0 Å². The van der Waals surface area contributed by atoms with Gasteiger partial charge in [-0.05, 0) is 29.7 Å². The highest BCUT2D eigenvalue weighted by Gasteiger charge is 2.34. The lowest BCUT2D eigenvalue weighted by Crippen LogP contribution is -2.30. The van der Waals surface area contributed by atoms with E-state index in [4.69, 9.17) is 4.42 Å². The molecule has 5 nitrogen and oxygen atoms in total. The van der Waals surface area contributed by atoms with Crippen molar-refractivity contribution < 1.29 is 9.34 Å². The van der Waals surface area contributed by atoms with Crippen LogP contribution < -0.4 is 0 Å². The Morgan fingerprint density at radius 3 is 2.28 bits per heavy atom. The minimum Gasteiger partial charge on any atom is -0.469 e. The summed E-state index contributed by atoms with van der Waals surface area (Å²) in [6, 6.07) is 22.0. The molecule has 0 saturated heterocycles. The highest BCUT2D eigenvalue weighted by atomic mass is 16.6. The molecule has 0 radical (unpaired) electrons. The molecule has 2 aromatic carbocycles. The number of hydrogen-bond donors (Lipinski definition) is 0. The fourth-order valence-electron chi connectivity index (χ4n) is 2.97. The zero-order chi connectivity index (χ0) is 17.7. The third kappa shape index (κ3) is 3.59. The van der Waals surface area contributed by atoms with Crippen molar-refractivity contribution in [1.29, 1.82) is 5.26 Å². The topological polar surface area (TPSA) is 80.1 Å². The van der Waals surface area contributed by atoms with E-state index in [1.807, 2.05) is 36.4 Å². The second-order valence-electron chi connectivity index (χ2n) is 5.92. The van der Waals surface area contributed by atoms with E-state index in [0.29, 0.717) is 18.6 Å². The highest BCUT2D eigenvalue weighted by Crippen LogP contribution is 2.33. The molecule has 0 N–H and O–H groups in total. The van der Waals surface area contributed by atoms with Crippen LogP contribution in [0.1, 0.15) is 16.9 Å². The summed E-state index contributed by atoms with van der Waals surface area (Å²) in [7, 11) is 0. The molecule has 3 aromatic rings.